The maximum absolute atomic E-state index is 6.54. The fourth-order valence-electron chi connectivity index (χ4n) is 3.54. The third kappa shape index (κ3) is 10.3. The zero-order valence-electron chi connectivity index (χ0n) is 17.7. The van der Waals surface area contributed by atoms with Crippen LogP contribution in [0.2, 0.25) is 32.2 Å². The van der Waals surface area contributed by atoms with Crippen LogP contribution < -0.4 is 0 Å². The second kappa shape index (κ2) is 12.6. The molecule has 150 valence electrons. The van der Waals surface area contributed by atoms with Crippen molar-refractivity contribution in [2.24, 2.45) is 0 Å². The van der Waals surface area contributed by atoms with Crippen molar-refractivity contribution in [2.75, 3.05) is 39.5 Å². The van der Waals surface area contributed by atoms with Crippen LogP contribution in [0.5, 0.6) is 0 Å². The van der Waals surface area contributed by atoms with Gasteiger partial charge in [-0.3, -0.25) is 0 Å². The van der Waals surface area contributed by atoms with Gasteiger partial charge in [-0.25, -0.2) is 0 Å². The van der Waals surface area contributed by atoms with Crippen LogP contribution in [0.1, 0.15) is 39.5 Å². The van der Waals surface area contributed by atoms with Crippen molar-refractivity contribution in [3.63, 3.8) is 0 Å². The average molecular weight is 390 g/mol. The van der Waals surface area contributed by atoms with Crippen molar-refractivity contribution in [3.8, 4) is 0 Å². The molecule has 1 aliphatic heterocycles. The summed E-state index contributed by atoms with van der Waals surface area (Å²) in [5, 5.41) is 0. The quantitative estimate of drug-likeness (QED) is 0.396. The summed E-state index contributed by atoms with van der Waals surface area (Å²) in [4.78, 5) is 2.60. The molecule has 1 aliphatic rings. The van der Waals surface area contributed by atoms with E-state index in [4.69, 9.17) is 13.9 Å². The Morgan fingerprint density at radius 1 is 1.28 bits per heavy atom. The zero-order chi connectivity index (χ0) is 18.7. The van der Waals surface area contributed by atoms with Crippen LogP contribution >= 0.6 is 0 Å². The number of unbranched alkanes of at least 4 members (excludes halogenated alkanes) is 1. The minimum atomic E-state index is -1.53. The van der Waals surface area contributed by atoms with Gasteiger partial charge in [-0.2, -0.15) is 0 Å². The van der Waals surface area contributed by atoms with Crippen LogP contribution in [0.4, 0.5) is 0 Å². The molecule has 1 heterocycles. The lowest BCUT2D eigenvalue weighted by molar-refractivity contribution is 0.0173. The summed E-state index contributed by atoms with van der Waals surface area (Å²) in [6.07, 6.45) is 5.01. The molecule has 0 aromatic heterocycles. The maximum Gasteiger partial charge on any atom is 0.187 e. The first-order chi connectivity index (χ1) is 11.9. The molecule has 0 aromatic carbocycles. The Morgan fingerprint density at radius 2 is 2.04 bits per heavy atom. The highest BCUT2D eigenvalue weighted by atomic mass is 28.4. The lowest BCUT2D eigenvalue weighted by Crippen LogP contribution is -2.47. The van der Waals surface area contributed by atoms with Crippen LogP contribution in [0.25, 0.3) is 0 Å². The molecular weight excluding hydrogens is 346 g/mol. The van der Waals surface area contributed by atoms with E-state index in [1.807, 2.05) is 0 Å². The average Bonchev–Trinajstić information content (AvgIpc) is 2.52. The molecule has 0 aliphatic carbocycles. The van der Waals surface area contributed by atoms with E-state index in [-0.39, 0.29) is 6.10 Å². The smallest absolute Gasteiger partial charge is 0.187 e. The molecule has 0 bridgehead atoms. The lowest BCUT2D eigenvalue weighted by atomic mass is 10.3. The van der Waals surface area contributed by atoms with Gasteiger partial charge in [-0.05, 0) is 51.9 Å². The summed E-state index contributed by atoms with van der Waals surface area (Å²) in [6, 6.07) is 1.25. The summed E-state index contributed by atoms with van der Waals surface area (Å²) in [7, 11) is -2.29. The van der Waals surface area contributed by atoms with Crippen molar-refractivity contribution in [1.82, 2.24) is 4.90 Å². The van der Waals surface area contributed by atoms with Gasteiger partial charge in [0.1, 0.15) is 0 Å². The molecule has 25 heavy (non-hydrogen) atoms. The van der Waals surface area contributed by atoms with Crippen molar-refractivity contribution in [1.29, 1.82) is 0 Å². The summed E-state index contributed by atoms with van der Waals surface area (Å²) >= 11 is 0. The molecule has 6 heteroatoms. The second-order valence-electron chi connectivity index (χ2n) is 8.36. The third-order valence-corrected chi connectivity index (χ3v) is 9.54. The van der Waals surface area contributed by atoms with Gasteiger partial charge in [0.25, 0.3) is 0 Å². The largest absolute Gasteiger partial charge is 0.411 e. The number of hydrogen-bond donors (Lipinski definition) is 0. The topological polar surface area (TPSA) is 30.9 Å². The van der Waals surface area contributed by atoms with Crippen LogP contribution in [-0.2, 0) is 13.9 Å². The van der Waals surface area contributed by atoms with Crippen LogP contribution in [0.15, 0.2) is 0 Å². The van der Waals surface area contributed by atoms with Crippen LogP contribution in [0, 0.1) is 0 Å². The molecule has 0 saturated carbocycles. The van der Waals surface area contributed by atoms with Crippen molar-refractivity contribution < 1.29 is 13.9 Å². The zero-order valence-corrected chi connectivity index (χ0v) is 19.8. The van der Waals surface area contributed by atoms with Gasteiger partial charge in [-0.15, -0.1) is 0 Å². The van der Waals surface area contributed by atoms with Gasteiger partial charge in [0.2, 0.25) is 0 Å². The molecule has 0 N–H and O–H groups in total. The van der Waals surface area contributed by atoms with E-state index in [0.717, 1.165) is 39.3 Å². The van der Waals surface area contributed by atoms with E-state index < -0.39 is 17.1 Å². The van der Waals surface area contributed by atoms with E-state index in [9.17, 15) is 0 Å². The van der Waals surface area contributed by atoms with Crippen LogP contribution in [-0.4, -0.2) is 73.3 Å². The fourth-order valence-corrected chi connectivity index (χ4v) is 7.10. The Kier molecular flexibility index (Phi) is 11.8. The third-order valence-electron chi connectivity index (χ3n) is 5.00. The minimum Gasteiger partial charge on any atom is -0.411 e. The SMILES string of the molecule is CCCCOCC1CN(CCC(OCC)[SiH](C)C)CCC[Si](C)(C)O1. The summed E-state index contributed by atoms with van der Waals surface area (Å²) < 4.78 is 18.4. The van der Waals surface area contributed by atoms with E-state index >= 15 is 0 Å². The van der Waals surface area contributed by atoms with Gasteiger partial charge < -0.3 is 18.8 Å². The molecule has 0 amide bonds. The highest BCUT2D eigenvalue weighted by Crippen LogP contribution is 2.21. The van der Waals surface area contributed by atoms with Gasteiger partial charge in [0.15, 0.2) is 8.32 Å². The second-order valence-corrected chi connectivity index (χ2v) is 15.8. The van der Waals surface area contributed by atoms with Crippen molar-refractivity contribution in [2.45, 2.75) is 83.6 Å². The standard InChI is InChI=1S/C19H43NO3Si2/c1-7-9-14-21-17-18-16-20(12-10-15-25(5,6)23-18)13-11-19(22-8-2)24(3)4/h18-19,24H,7-17H2,1-6H3. The molecule has 2 unspecified atom stereocenters. The van der Waals surface area contributed by atoms with Crippen molar-refractivity contribution >= 4 is 17.1 Å². The van der Waals surface area contributed by atoms with Gasteiger partial charge in [0.05, 0.1) is 21.5 Å². The summed E-state index contributed by atoms with van der Waals surface area (Å²) in [5.74, 6) is 0. The first kappa shape index (κ1) is 23.3. The Morgan fingerprint density at radius 3 is 2.68 bits per heavy atom. The number of ether oxygens (including phenoxy) is 2. The number of hydrogen-bond acceptors (Lipinski definition) is 4. The highest BCUT2D eigenvalue weighted by molar-refractivity contribution is 6.71. The number of nitrogens with zero attached hydrogens (tertiary/aromatic N) is 1. The lowest BCUT2D eigenvalue weighted by Gasteiger charge is -2.37. The predicted molar refractivity (Wildman–Crippen MR) is 113 cm³/mol. The first-order valence-electron chi connectivity index (χ1n) is 10.5. The van der Waals surface area contributed by atoms with Crippen LogP contribution in [0.3, 0.4) is 0 Å². The normalized spacial score (nSPS) is 23.4. The van der Waals surface area contributed by atoms with E-state index in [1.165, 1.54) is 31.9 Å². The number of rotatable bonds is 11. The van der Waals surface area contributed by atoms with Gasteiger partial charge >= 0.3 is 0 Å². The molecule has 1 saturated heterocycles. The fraction of sp³-hybridized carbons (Fsp3) is 1.00. The first-order valence-corrected chi connectivity index (χ1v) is 16.6. The van der Waals surface area contributed by atoms with Gasteiger partial charge in [-0.1, -0.05) is 26.4 Å². The summed E-state index contributed by atoms with van der Waals surface area (Å²) in [5.41, 5.74) is 0.501. The van der Waals surface area contributed by atoms with E-state index in [1.54, 1.807) is 0 Å². The molecule has 0 radical (unpaired) electrons. The monoisotopic (exact) mass is 389 g/mol. The molecule has 1 fully saturated rings. The Balaban J connectivity index is 2.54. The Bertz CT molecular complexity index is 343. The molecule has 2 atom stereocenters. The molecule has 0 spiro atoms. The van der Waals surface area contributed by atoms with Gasteiger partial charge in [0, 0.05) is 32.0 Å². The van der Waals surface area contributed by atoms with E-state index in [2.05, 4.69) is 44.9 Å². The highest BCUT2D eigenvalue weighted by Gasteiger charge is 2.30. The predicted octanol–water partition coefficient (Wildman–Crippen LogP) is 3.92. The molecule has 0 aromatic rings. The molecular formula is C19H43NO3Si2. The Labute approximate surface area is 159 Å². The molecule has 4 nitrogen and oxygen atoms in total. The van der Waals surface area contributed by atoms with Crippen molar-refractivity contribution in [3.05, 3.63) is 0 Å². The maximum atomic E-state index is 6.54. The van der Waals surface area contributed by atoms with E-state index in [0.29, 0.717) is 5.73 Å². The summed E-state index contributed by atoms with van der Waals surface area (Å²) in [6.45, 7) is 19.6. The minimum absolute atomic E-state index is 0.237. The Hall–Kier alpha value is 0.274. The molecule has 1 rings (SSSR count).